The summed E-state index contributed by atoms with van der Waals surface area (Å²) >= 11 is 6.07. The highest BCUT2D eigenvalue weighted by molar-refractivity contribution is 7.92. The Morgan fingerprint density at radius 1 is 0.927 bits per heavy atom. The Balaban J connectivity index is 1.87. The minimum Gasteiger partial charge on any atom is -0.354 e. The van der Waals surface area contributed by atoms with Crippen molar-refractivity contribution >= 4 is 39.1 Å². The first kappa shape index (κ1) is 32.1. The van der Waals surface area contributed by atoms with Crippen LogP contribution < -0.4 is 9.62 Å². The predicted molar refractivity (Wildman–Crippen MR) is 162 cm³/mol. The summed E-state index contributed by atoms with van der Waals surface area (Å²) < 4.78 is 40.4. The number of sulfonamides is 1. The van der Waals surface area contributed by atoms with Crippen molar-refractivity contribution in [3.63, 3.8) is 0 Å². The third-order valence-corrected chi connectivity index (χ3v) is 8.07. The molecule has 1 N–H and O–H groups in total. The van der Waals surface area contributed by atoms with Crippen LogP contribution in [-0.2, 0) is 32.6 Å². The monoisotopic (exact) mass is 601 g/mol. The lowest BCUT2D eigenvalue weighted by molar-refractivity contribution is -0.141. The molecule has 0 aliphatic heterocycles. The van der Waals surface area contributed by atoms with Crippen LogP contribution in [0.2, 0.25) is 5.02 Å². The predicted octanol–water partition coefficient (Wildman–Crippen LogP) is 5.58. The van der Waals surface area contributed by atoms with Gasteiger partial charge < -0.3 is 10.2 Å². The molecule has 0 fully saturated rings. The number of para-hydroxylation sites is 1. The van der Waals surface area contributed by atoms with Crippen LogP contribution in [0.15, 0.2) is 78.9 Å². The molecule has 0 heterocycles. The van der Waals surface area contributed by atoms with E-state index in [-0.39, 0.29) is 43.4 Å². The molecule has 7 nitrogen and oxygen atoms in total. The van der Waals surface area contributed by atoms with Gasteiger partial charge in [0.15, 0.2) is 0 Å². The van der Waals surface area contributed by atoms with E-state index < -0.39 is 21.9 Å². The zero-order valence-corrected chi connectivity index (χ0v) is 25.0. The van der Waals surface area contributed by atoms with Gasteiger partial charge in [-0.15, -0.1) is 0 Å². The van der Waals surface area contributed by atoms with Gasteiger partial charge in [-0.25, -0.2) is 12.8 Å². The van der Waals surface area contributed by atoms with Gasteiger partial charge in [0.2, 0.25) is 21.8 Å². The van der Waals surface area contributed by atoms with Crippen LogP contribution >= 0.6 is 11.6 Å². The molecule has 0 bridgehead atoms. The molecule has 0 aromatic heterocycles. The molecule has 220 valence electrons. The molecule has 0 saturated heterocycles. The van der Waals surface area contributed by atoms with Crippen molar-refractivity contribution in [2.45, 2.75) is 51.6 Å². The number of anilines is 1. The second-order valence-electron chi connectivity index (χ2n) is 9.89. The van der Waals surface area contributed by atoms with Gasteiger partial charge >= 0.3 is 0 Å². The van der Waals surface area contributed by atoms with Crippen LogP contribution in [0.4, 0.5) is 10.1 Å². The average Bonchev–Trinajstić information content (AvgIpc) is 2.94. The smallest absolute Gasteiger partial charge is 0.243 e. The quantitative estimate of drug-likeness (QED) is 0.230. The molecule has 10 heteroatoms. The first-order valence-electron chi connectivity index (χ1n) is 13.7. The second kappa shape index (κ2) is 15.5. The Morgan fingerprint density at radius 2 is 1.59 bits per heavy atom. The molecule has 1 unspecified atom stereocenters. The van der Waals surface area contributed by atoms with Crippen LogP contribution in [0.25, 0.3) is 0 Å². The fourth-order valence-electron chi connectivity index (χ4n) is 4.48. The highest BCUT2D eigenvalue weighted by Crippen LogP contribution is 2.23. The fourth-order valence-corrected chi connectivity index (χ4v) is 5.58. The van der Waals surface area contributed by atoms with Crippen molar-refractivity contribution < 1.29 is 22.4 Å². The number of halogens is 2. The number of nitrogens with zero attached hydrogens (tertiary/aromatic N) is 2. The van der Waals surface area contributed by atoms with Gasteiger partial charge in [0.1, 0.15) is 11.9 Å². The number of hydrogen-bond donors (Lipinski definition) is 1. The van der Waals surface area contributed by atoms with Crippen molar-refractivity contribution in [3.8, 4) is 0 Å². The van der Waals surface area contributed by atoms with Gasteiger partial charge in [0.05, 0.1) is 11.9 Å². The van der Waals surface area contributed by atoms with E-state index in [0.717, 1.165) is 34.5 Å². The minimum atomic E-state index is -3.80. The molecule has 0 radical (unpaired) electrons. The van der Waals surface area contributed by atoms with Gasteiger partial charge in [0.25, 0.3) is 0 Å². The van der Waals surface area contributed by atoms with Crippen molar-refractivity contribution in [2.75, 3.05) is 23.7 Å². The van der Waals surface area contributed by atoms with Crippen LogP contribution in [0.3, 0.4) is 0 Å². The highest BCUT2D eigenvalue weighted by atomic mass is 35.5. The average molecular weight is 602 g/mol. The third kappa shape index (κ3) is 9.86. The second-order valence-corrected chi connectivity index (χ2v) is 12.2. The molecule has 3 rings (SSSR count). The Hall–Kier alpha value is -3.43. The van der Waals surface area contributed by atoms with Crippen molar-refractivity contribution in [1.29, 1.82) is 0 Å². The van der Waals surface area contributed by atoms with Crippen molar-refractivity contribution in [3.05, 3.63) is 101 Å². The lowest BCUT2D eigenvalue weighted by Gasteiger charge is -2.32. The van der Waals surface area contributed by atoms with Gasteiger partial charge in [-0.05, 0) is 48.2 Å². The molecule has 0 saturated carbocycles. The molecule has 41 heavy (non-hydrogen) atoms. The SMILES string of the molecule is CCCCNC(=O)C(Cc1ccccc1)N(Cc1ccc(Cl)cc1)C(=O)CCCN(c1ccccc1F)S(C)(=O)=O. The molecule has 2 amide bonds. The number of rotatable bonds is 15. The third-order valence-electron chi connectivity index (χ3n) is 6.64. The lowest BCUT2D eigenvalue weighted by Crippen LogP contribution is -2.50. The number of carbonyl (C=O) groups is 2. The fraction of sp³-hybridized carbons (Fsp3) is 0.355. The minimum absolute atomic E-state index is 0.0401. The number of benzene rings is 3. The Morgan fingerprint density at radius 3 is 2.22 bits per heavy atom. The zero-order chi connectivity index (χ0) is 29.8. The van der Waals surface area contributed by atoms with E-state index in [1.165, 1.54) is 18.2 Å². The van der Waals surface area contributed by atoms with E-state index in [4.69, 9.17) is 11.6 Å². The molecule has 1 atom stereocenters. The maximum absolute atomic E-state index is 14.4. The van der Waals surface area contributed by atoms with Crippen molar-refractivity contribution in [2.24, 2.45) is 0 Å². The van der Waals surface area contributed by atoms with E-state index in [1.54, 1.807) is 35.2 Å². The van der Waals surface area contributed by atoms with E-state index >= 15 is 0 Å². The van der Waals surface area contributed by atoms with E-state index in [0.29, 0.717) is 18.0 Å². The summed E-state index contributed by atoms with van der Waals surface area (Å²) in [6, 6.07) is 21.4. The normalized spacial score (nSPS) is 12.0. The summed E-state index contributed by atoms with van der Waals surface area (Å²) in [4.78, 5) is 28.8. The summed E-state index contributed by atoms with van der Waals surface area (Å²) in [7, 11) is -3.80. The molecule has 0 aliphatic carbocycles. The molecular formula is C31H37ClFN3O4S. The number of hydrogen-bond acceptors (Lipinski definition) is 4. The summed E-state index contributed by atoms with van der Waals surface area (Å²) in [5.74, 6) is -1.23. The Kier molecular flexibility index (Phi) is 12.2. The Labute approximate surface area is 247 Å². The zero-order valence-electron chi connectivity index (χ0n) is 23.4. The topological polar surface area (TPSA) is 86.8 Å². The van der Waals surface area contributed by atoms with E-state index in [1.807, 2.05) is 37.3 Å². The maximum Gasteiger partial charge on any atom is 0.243 e. The molecular weight excluding hydrogens is 565 g/mol. The molecule has 3 aromatic carbocycles. The van der Waals surface area contributed by atoms with Crippen LogP contribution in [0.1, 0.15) is 43.7 Å². The summed E-state index contributed by atoms with van der Waals surface area (Å²) in [5.41, 5.74) is 1.63. The van der Waals surface area contributed by atoms with Crippen LogP contribution in [0.5, 0.6) is 0 Å². The summed E-state index contributed by atoms with van der Waals surface area (Å²) in [6.07, 6.45) is 3.13. The van der Waals surface area contributed by atoms with Gasteiger partial charge in [-0.1, -0.05) is 79.5 Å². The number of carbonyl (C=O) groups excluding carboxylic acids is 2. The van der Waals surface area contributed by atoms with Crippen LogP contribution in [-0.4, -0.2) is 50.5 Å². The summed E-state index contributed by atoms with van der Waals surface area (Å²) in [6.45, 7) is 2.60. The van der Waals surface area contributed by atoms with Gasteiger partial charge in [-0.3, -0.25) is 13.9 Å². The van der Waals surface area contributed by atoms with Gasteiger partial charge in [-0.2, -0.15) is 0 Å². The maximum atomic E-state index is 14.4. The van der Waals surface area contributed by atoms with E-state index in [9.17, 15) is 22.4 Å². The first-order valence-corrected chi connectivity index (χ1v) is 15.9. The highest BCUT2D eigenvalue weighted by Gasteiger charge is 2.30. The number of unbranched alkanes of at least 4 members (excludes halogenated alkanes) is 1. The number of amides is 2. The lowest BCUT2D eigenvalue weighted by atomic mass is 10.0. The van der Waals surface area contributed by atoms with Crippen molar-refractivity contribution in [1.82, 2.24) is 10.2 Å². The molecule has 0 spiro atoms. The largest absolute Gasteiger partial charge is 0.354 e. The first-order chi connectivity index (χ1) is 19.6. The Bertz CT molecular complexity index is 1390. The molecule has 0 aliphatic rings. The standard InChI is InChI=1S/C31H37ClFN3O4S/c1-3-4-20-34-31(38)29(22-24-11-6-5-7-12-24)35(23-25-16-18-26(32)19-17-25)30(37)15-10-21-36(41(2,39)40)28-14-9-8-13-27(28)33/h5-9,11-14,16-19,29H,3-4,10,15,20-23H2,1-2H3,(H,34,38). The number of nitrogens with one attached hydrogen (secondary N) is 1. The van der Waals surface area contributed by atoms with Crippen LogP contribution in [0, 0.1) is 5.82 Å². The summed E-state index contributed by atoms with van der Waals surface area (Å²) in [5, 5.41) is 3.53. The van der Waals surface area contributed by atoms with E-state index in [2.05, 4.69) is 5.32 Å². The molecule has 3 aromatic rings. The van der Waals surface area contributed by atoms with Gasteiger partial charge in [0, 0.05) is 37.5 Å².